The van der Waals surface area contributed by atoms with Gasteiger partial charge in [-0.05, 0) is 37.5 Å². The molecule has 112 valence electrons. The molecular weight excluding hydrogens is 250 g/mol. The van der Waals surface area contributed by atoms with Crippen LogP contribution in [0, 0.1) is 23.2 Å². The average Bonchev–Trinajstić information content (AvgIpc) is 2.94. The highest BCUT2D eigenvalue weighted by Gasteiger charge is 2.49. The van der Waals surface area contributed by atoms with Gasteiger partial charge in [-0.1, -0.05) is 25.7 Å². The topological polar surface area (TPSA) is 29.5 Å². The van der Waals surface area contributed by atoms with Crippen LogP contribution in [0.25, 0.3) is 0 Å². The van der Waals surface area contributed by atoms with Gasteiger partial charge < -0.3 is 9.64 Å². The molecule has 0 bridgehead atoms. The smallest absolute Gasteiger partial charge is 0.225 e. The summed E-state index contributed by atoms with van der Waals surface area (Å²) in [4.78, 5) is 14.8. The first-order valence-electron chi connectivity index (χ1n) is 8.62. The Balaban J connectivity index is 1.33. The van der Waals surface area contributed by atoms with E-state index in [-0.39, 0.29) is 0 Å². The SMILES string of the molecule is O=C(C1CCC2CCCCC2C1)N1CC2(CCOC2)C1. The normalized spacial score (nSPS) is 39.4. The van der Waals surface area contributed by atoms with Crippen molar-refractivity contribution in [2.75, 3.05) is 26.3 Å². The Morgan fingerprint density at radius 2 is 1.85 bits per heavy atom. The lowest BCUT2D eigenvalue weighted by Gasteiger charge is -2.49. The second kappa shape index (κ2) is 5.01. The first kappa shape index (κ1) is 13.1. The van der Waals surface area contributed by atoms with E-state index in [0.717, 1.165) is 51.0 Å². The second-order valence-electron chi connectivity index (χ2n) is 7.81. The Bertz CT molecular complexity index is 380. The van der Waals surface area contributed by atoms with Crippen LogP contribution in [0.1, 0.15) is 51.4 Å². The highest BCUT2D eigenvalue weighted by Crippen LogP contribution is 2.45. The Kier molecular flexibility index (Phi) is 3.29. The number of carbonyl (C=O) groups is 1. The zero-order valence-electron chi connectivity index (χ0n) is 12.5. The molecule has 3 atom stereocenters. The van der Waals surface area contributed by atoms with Gasteiger partial charge >= 0.3 is 0 Å². The van der Waals surface area contributed by atoms with Crippen molar-refractivity contribution in [1.82, 2.24) is 4.90 Å². The van der Waals surface area contributed by atoms with E-state index in [1.54, 1.807) is 0 Å². The third-order valence-electron chi connectivity index (χ3n) is 6.44. The maximum atomic E-state index is 12.7. The molecule has 4 aliphatic rings. The predicted octanol–water partition coefficient (Wildman–Crippen LogP) is 2.84. The molecule has 3 unspecified atom stereocenters. The first-order chi connectivity index (χ1) is 9.76. The van der Waals surface area contributed by atoms with Crippen molar-refractivity contribution in [2.45, 2.75) is 51.4 Å². The van der Waals surface area contributed by atoms with E-state index in [1.807, 2.05) is 0 Å². The van der Waals surface area contributed by atoms with Crippen LogP contribution in [0.3, 0.4) is 0 Å². The van der Waals surface area contributed by atoms with Gasteiger partial charge in [0.15, 0.2) is 0 Å². The lowest BCUT2D eigenvalue weighted by Crippen LogP contribution is -2.60. The van der Waals surface area contributed by atoms with Gasteiger partial charge in [0.2, 0.25) is 5.91 Å². The number of amides is 1. The zero-order valence-corrected chi connectivity index (χ0v) is 12.5. The Morgan fingerprint density at radius 3 is 2.60 bits per heavy atom. The van der Waals surface area contributed by atoms with Crippen molar-refractivity contribution in [3.8, 4) is 0 Å². The van der Waals surface area contributed by atoms with Gasteiger partial charge in [0.05, 0.1) is 6.61 Å². The number of carbonyl (C=O) groups excluding carboxylic acids is 1. The van der Waals surface area contributed by atoms with Crippen molar-refractivity contribution < 1.29 is 9.53 Å². The first-order valence-corrected chi connectivity index (χ1v) is 8.62. The number of hydrogen-bond donors (Lipinski definition) is 0. The molecule has 1 amide bonds. The van der Waals surface area contributed by atoms with Gasteiger partial charge in [0.25, 0.3) is 0 Å². The van der Waals surface area contributed by atoms with Crippen LogP contribution in [0.4, 0.5) is 0 Å². The largest absolute Gasteiger partial charge is 0.381 e. The van der Waals surface area contributed by atoms with E-state index in [4.69, 9.17) is 4.74 Å². The van der Waals surface area contributed by atoms with E-state index in [1.165, 1.54) is 38.5 Å². The standard InChI is InChI=1S/C17H27NO2/c19-16(18-10-17(11-18)7-8-20-12-17)15-6-5-13-3-1-2-4-14(13)9-15/h13-15H,1-12H2. The number of ether oxygens (including phenoxy) is 1. The third-order valence-corrected chi connectivity index (χ3v) is 6.44. The van der Waals surface area contributed by atoms with Gasteiger partial charge in [-0.2, -0.15) is 0 Å². The summed E-state index contributed by atoms with van der Waals surface area (Å²) in [5, 5.41) is 0. The fourth-order valence-electron chi connectivity index (χ4n) is 5.17. The quantitative estimate of drug-likeness (QED) is 0.737. The van der Waals surface area contributed by atoms with Crippen LogP contribution in [0.15, 0.2) is 0 Å². The fourth-order valence-corrected chi connectivity index (χ4v) is 5.17. The van der Waals surface area contributed by atoms with Crippen LogP contribution in [0.5, 0.6) is 0 Å². The molecular formula is C17H27NO2. The van der Waals surface area contributed by atoms with Gasteiger partial charge in [0, 0.05) is 31.0 Å². The van der Waals surface area contributed by atoms with Gasteiger partial charge in [-0.15, -0.1) is 0 Å². The molecule has 2 saturated heterocycles. The molecule has 2 aliphatic carbocycles. The number of rotatable bonds is 1. The minimum Gasteiger partial charge on any atom is -0.381 e. The summed E-state index contributed by atoms with van der Waals surface area (Å²) in [6.07, 6.45) is 10.4. The van der Waals surface area contributed by atoms with E-state index < -0.39 is 0 Å². The Morgan fingerprint density at radius 1 is 1.05 bits per heavy atom. The maximum absolute atomic E-state index is 12.7. The summed E-state index contributed by atoms with van der Waals surface area (Å²) >= 11 is 0. The van der Waals surface area contributed by atoms with Gasteiger partial charge in [-0.3, -0.25) is 4.79 Å². The summed E-state index contributed by atoms with van der Waals surface area (Å²) in [6.45, 7) is 3.72. The monoisotopic (exact) mass is 277 g/mol. The summed E-state index contributed by atoms with van der Waals surface area (Å²) in [6, 6.07) is 0. The van der Waals surface area contributed by atoms with E-state index in [0.29, 0.717) is 17.2 Å². The van der Waals surface area contributed by atoms with E-state index in [2.05, 4.69) is 4.90 Å². The lowest BCUT2D eigenvalue weighted by molar-refractivity contribution is -0.150. The summed E-state index contributed by atoms with van der Waals surface area (Å²) < 4.78 is 5.51. The number of hydrogen-bond acceptors (Lipinski definition) is 2. The lowest BCUT2D eigenvalue weighted by atomic mass is 9.67. The van der Waals surface area contributed by atoms with Crippen LogP contribution in [-0.4, -0.2) is 37.1 Å². The van der Waals surface area contributed by atoms with Crippen molar-refractivity contribution in [3.63, 3.8) is 0 Å². The molecule has 0 aromatic heterocycles. The molecule has 3 nitrogen and oxygen atoms in total. The van der Waals surface area contributed by atoms with Crippen LogP contribution >= 0.6 is 0 Å². The summed E-state index contributed by atoms with van der Waals surface area (Å²) in [5.74, 6) is 2.61. The number of nitrogens with zero attached hydrogens (tertiary/aromatic N) is 1. The van der Waals surface area contributed by atoms with Gasteiger partial charge in [-0.25, -0.2) is 0 Å². The fraction of sp³-hybridized carbons (Fsp3) is 0.941. The summed E-state index contributed by atoms with van der Waals surface area (Å²) in [5.41, 5.74) is 0.345. The molecule has 2 saturated carbocycles. The average molecular weight is 277 g/mol. The summed E-state index contributed by atoms with van der Waals surface area (Å²) in [7, 11) is 0. The molecule has 4 rings (SSSR count). The molecule has 0 aromatic rings. The minimum atomic E-state index is 0.342. The molecule has 20 heavy (non-hydrogen) atoms. The number of fused-ring (bicyclic) bond motifs is 1. The van der Waals surface area contributed by atoms with Crippen molar-refractivity contribution in [2.24, 2.45) is 23.2 Å². The Hall–Kier alpha value is -0.570. The molecule has 1 spiro atoms. The number of likely N-dealkylation sites (tertiary alicyclic amines) is 1. The van der Waals surface area contributed by atoms with E-state index >= 15 is 0 Å². The highest BCUT2D eigenvalue weighted by molar-refractivity contribution is 5.80. The molecule has 3 heteroatoms. The molecule has 2 aliphatic heterocycles. The molecule has 4 fully saturated rings. The molecule has 0 aromatic carbocycles. The van der Waals surface area contributed by atoms with Crippen LogP contribution in [-0.2, 0) is 9.53 Å². The highest BCUT2D eigenvalue weighted by atomic mass is 16.5. The molecule has 0 N–H and O–H groups in total. The second-order valence-corrected chi connectivity index (χ2v) is 7.81. The van der Waals surface area contributed by atoms with Crippen molar-refractivity contribution in [1.29, 1.82) is 0 Å². The molecule has 0 radical (unpaired) electrons. The predicted molar refractivity (Wildman–Crippen MR) is 77.2 cm³/mol. The Labute approximate surface area is 122 Å². The van der Waals surface area contributed by atoms with Crippen LogP contribution < -0.4 is 0 Å². The van der Waals surface area contributed by atoms with Crippen molar-refractivity contribution >= 4 is 5.91 Å². The van der Waals surface area contributed by atoms with E-state index in [9.17, 15) is 4.79 Å². The maximum Gasteiger partial charge on any atom is 0.225 e. The van der Waals surface area contributed by atoms with Crippen molar-refractivity contribution in [3.05, 3.63) is 0 Å². The van der Waals surface area contributed by atoms with Crippen LogP contribution in [0.2, 0.25) is 0 Å². The molecule has 2 heterocycles. The zero-order chi connectivity index (χ0) is 13.6. The minimum absolute atomic E-state index is 0.342. The van der Waals surface area contributed by atoms with Gasteiger partial charge in [0.1, 0.15) is 0 Å². The third kappa shape index (κ3) is 2.18.